The van der Waals surface area contributed by atoms with Gasteiger partial charge in [0.2, 0.25) is 5.91 Å². The van der Waals surface area contributed by atoms with E-state index in [0.717, 1.165) is 37.2 Å². The van der Waals surface area contributed by atoms with Crippen LogP contribution in [0.4, 0.5) is 0 Å². The second-order valence-electron chi connectivity index (χ2n) is 8.41. The molecule has 1 aliphatic heterocycles. The molecule has 3 heteroatoms. The number of allylic oxidation sites excluding steroid dienone is 1. The molecule has 1 N–H and O–H groups in total. The summed E-state index contributed by atoms with van der Waals surface area (Å²) >= 11 is 0. The van der Waals surface area contributed by atoms with Gasteiger partial charge in [-0.1, -0.05) is 5.57 Å². The molecule has 0 aromatic rings. The Morgan fingerprint density at radius 1 is 1.18 bits per heavy atom. The van der Waals surface area contributed by atoms with Gasteiger partial charge in [0, 0.05) is 19.2 Å². The third-order valence-electron chi connectivity index (χ3n) is 6.75. The van der Waals surface area contributed by atoms with Gasteiger partial charge in [-0.15, -0.1) is 0 Å². The first-order valence-electron chi connectivity index (χ1n) is 9.21. The van der Waals surface area contributed by atoms with Crippen LogP contribution in [0.5, 0.6) is 0 Å². The zero-order chi connectivity index (χ0) is 15.2. The van der Waals surface area contributed by atoms with E-state index in [2.05, 4.69) is 12.2 Å². The van der Waals surface area contributed by atoms with Crippen LogP contribution in [0.25, 0.3) is 0 Å². The molecule has 1 heterocycles. The molecule has 0 aromatic carbocycles. The van der Waals surface area contributed by atoms with Gasteiger partial charge in [0.25, 0.3) is 0 Å². The molecule has 5 fully saturated rings. The maximum Gasteiger partial charge on any atom is 0.244 e. The van der Waals surface area contributed by atoms with Crippen LogP contribution in [0.2, 0.25) is 0 Å². The number of carbonyl (C=O) groups is 1. The maximum atomic E-state index is 12.3. The summed E-state index contributed by atoms with van der Waals surface area (Å²) < 4.78 is 5.57. The summed E-state index contributed by atoms with van der Waals surface area (Å²) in [6, 6.07) is 0. The smallest absolute Gasteiger partial charge is 0.244 e. The maximum absolute atomic E-state index is 12.3. The molecule has 0 aromatic heterocycles. The van der Waals surface area contributed by atoms with Gasteiger partial charge in [-0.2, -0.15) is 0 Å². The van der Waals surface area contributed by atoms with Crippen molar-refractivity contribution in [1.29, 1.82) is 0 Å². The summed E-state index contributed by atoms with van der Waals surface area (Å²) in [6.45, 7) is 3.73. The second kappa shape index (κ2) is 5.67. The highest BCUT2D eigenvalue weighted by Crippen LogP contribution is 2.62. The zero-order valence-electron chi connectivity index (χ0n) is 13.8. The lowest BCUT2D eigenvalue weighted by molar-refractivity contribution is -0.117. The Hall–Kier alpha value is -0.830. The van der Waals surface area contributed by atoms with Crippen LogP contribution in [0.1, 0.15) is 58.3 Å². The lowest BCUT2D eigenvalue weighted by Crippen LogP contribution is -2.46. The highest BCUT2D eigenvalue weighted by atomic mass is 16.5. The van der Waals surface area contributed by atoms with Crippen molar-refractivity contribution >= 4 is 5.91 Å². The summed E-state index contributed by atoms with van der Waals surface area (Å²) in [5.41, 5.74) is 1.70. The SMILES string of the molecule is C/C(=C\C(=O)NC[C@@H]1CCCO1)C12CC3CC(CC(C3)C1)C2. The molecule has 5 aliphatic rings. The fourth-order valence-electron chi connectivity index (χ4n) is 6.01. The summed E-state index contributed by atoms with van der Waals surface area (Å²) in [5.74, 6) is 2.89. The van der Waals surface area contributed by atoms with Gasteiger partial charge < -0.3 is 10.1 Å². The van der Waals surface area contributed by atoms with Gasteiger partial charge in [-0.25, -0.2) is 0 Å². The van der Waals surface area contributed by atoms with Gasteiger partial charge in [0.15, 0.2) is 0 Å². The molecule has 122 valence electrons. The van der Waals surface area contributed by atoms with Gasteiger partial charge in [-0.05, 0) is 81.5 Å². The molecule has 4 bridgehead atoms. The lowest BCUT2D eigenvalue weighted by atomic mass is 9.48. The van der Waals surface area contributed by atoms with Crippen LogP contribution >= 0.6 is 0 Å². The first kappa shape index (κ1) is 14.7. The van der Waals surface area contributed by atoms with Crippen LogP contribution in [0, 0.1) is 23.2 Å². The normalized spacial score (nSPS) is 43.6. The number of carbonyl (C=O) groups excluding carboxylic acids is 1. The molecule has 4 aliphatic carbocycles. The molecule has 1 amide bonds. The predicted octanol–water partition coefficient (Wildman–Crippen LogP) is 3.44. The fourth-order valence-corrected chi connectivity index (χ4v) is 6.01. The van der Waals surface area contributed by atoms with E-state index in [-0.39, 0.29) is 12.0 Å². The number of hydrogen-bond acceptors (Lipinski definition) is 2. The number of ether oxygens (including phenoxy) is 1. The molecule has 5 rings (SSSR count). The first-order chi connectivity index (χ1) is 10.6. The van der Waals surface area contributed by atoms with Crippen molar-refractivity contribution in [2.24, 2.45) is 23.2 Å². The molecule has 0 radical (unpaired) electrons. The molecular weight excluding hydrogens is 274 g/mol. The average Bonchev–Trinajstić information content (AvgIpc) is 2.97. The molecular formula is C19H29NO2. The molecule has 22 heavy (non-hydrogen) atoms. The third-order valence-corrected chi connectivity index (χ3v) is 6.75. The molecule has 1 saturated heterocycles. The Balaban J connectivity index is 1.39. The van der Waals surface area contributed by atoms with Crippen molar-refractivity contribution in [1.82, 2.24) is 5.32 Å². The van der Waals surface area contributed by atoms with E-state index in [4.69, 9.17) is 4.74 Å². The summed E-state index contributed by atoms with van der Waals surface area (Å²) in [7, 11) is 0. The number of rotatable bonds is 4. The number of amides is 1. The van der Waals surface area contributed by atoms with E-state index in [1.807, 2.05) is 6.08 Å². The quantitative estimate of drug-likeness (QED) is 0.808. The van der Waals surface area contributed by atoms with Crippen molar-refractivity contribution in [3.63, 3.8) is 0 Å². The van der Waals surface area contributed by atoms with E-state index in [9.17, 15) is 4.79 Å². The monoisotopic (exact) mass is 303 g/mol. The number of nitrogens with one attached hydrogen (secondary N) is 1. The summed E-state index contributed by atoms with van der Waals surface area (Å²) in [6.07, 6.45) is 12.7. The lowest BCUT2D eigenvalue weighted by Gasteiger charge is -2.57. The van der Waals surface area contributed by atoms with Crippen LogP contribution in [-0.4, -0.2) is 25.2 Å². The topological polar surface area (TPSA) is 38.3 Å². The number of hydrogen-bond donors (Lipinski definition) is 1. The zero-order valence-corrected chi connectivity index (χ0v) is 13.8. The van der Waals surface area contributed by atoms with Crippen LogP contribution in [0.15, 0.2) is 11.6 Å². The van der Waals surface area contributed by atoms with E-state index in [1.165, 1.54) is 44.1 Å². The van der Waals surface area contributed by atoms with E-state index < -0.39 is 0 Å². The van der Waals surface area contributed by atoms with Crippen molar-refractivity contribution < 1.29 is 9.53 Å². The second-order valence-corrected chi connectivity index (χ2v) is 8.41. The Morgan fingerprint density at radius 2 is 1.82 bits per heavy atom. The Morgan fingerprint density at radius 3 is 2.36 bits per heavy atom. The Bertz CT molecular complexity index is 441. The van der Waals surface area contributed by atoms with E-state index in [1.54, 1.807) is 0 Å². The first-order valence-corrected chi connectivity index (χ1v) is 9.21. The fraction of sp³-hybridized carbons (Fsp3) is 0.842. The Labute approximate surface area is 133 Å². The van der Waals surface area contributed by atoms with Crippen molar-refractivity contribution in [2.45, 2.75) is 64.4 Å². The van der Waals surface area contributed by atoms with Gasteiger partial charge in [0.1, 0.15) is 0 Å². The minimum atomic E-state index is 0.0868. The molecule has 3 nitrogen and oxygen atoms in total. The molecule has 1 atom stereocenters. The predicted molar refractivity (Wildman–Crippen MR) is 86.3 cm³/mol. The van der Waals surface area contributed by atoms with Crippen molar-refractivity contribution in [2.75, 3.05) is 13.2 Å². The molecule has 4 saturated carbocycles. The van der Waals surface area contributed by atoms with Crippen LogP contribution in [0.3, 0.4) is 0 Å². The summed E-state index contributed by atoms with van der Waals surface area (Å²) in [5, 5.41) is 3.05. The van der Waals surface area contributed by atoms with Gasteiger partial charge >= 0.3 is 0 Å². The molecule has 0 spiro atoms. The highest BCUT2D eigenvalue weighted by molar-refractivity contribution is 5.88. The van der Waals surface area contributed by atoms with Gasteiger partial charge in [0.05, 0.1) is 6.10 Å². The van der Waals surface area contributed by atoms with Gasteiger partial charge in [-0.3, -0.25) is 4.79 Å². The van der Waals surface area contributed by atoms with E-state index >= 15 is 0 Å². The summed E-state index contributed by atoms with van der Waals surface area (Å²) in [4.78, 5) is 12.3. The van der Waals surface area contributed by atoms with Crippen molar-refractivity contribution in [3.05, 3.63) is 11.6 Å². The third kappa shape index (κ3) is 2.73. The minimum Gasteiger partial charge on any atom is -0.376 e. The standard InChI is InChI=1S/C19H29NO2/c1-13(5-18(21)20-12-17-3-2-4-22-17)19-9-14-6-15(10-19)8-16(7-14)11-19/h5,14-17H,2-4,6-12H2,1H3,(H,20,21)/b13-5+/t14?,15?,16?,17-,19?/m0/s1. The van der Waals surface area contributed by atoms with Crippen LogP contribution in [-0.2, 0) is 9.53 Å². The average molecular weight is 303 g/mol. The Kier molecular flexibility index (Phi) is 3.80. The van der Waals surface area contributed by atoms with Crippen molar-refractivity contribution in [3.8, 4) is 0 Å². The highest BCUT2D eigenvalue weighted by Gasteiger charge is 2.51. The van der Waals surface area contributed by atoms with Crippen LogP contribution < -0.4 is 5.32 Å². The molecule has 0 unspecified atom stereocenters. The largest absolute Gasteiger partial charge is 0.376 e. The minimum absolute atomic E-state index is 0.0868. The van der Waals surface area contributed by atoms with E-state index in [0.29, 0.717) is 12.0 Å².